The number of nitrogens with zero attached hydrogens (tertiary/aromatic N) is 5. The summed E-state index contributed by atoms with van der Waals surface area (Å²) < 4.78 is 35.4. The molecule has 2 aromatic heterocycles. The summed E-state index contributed by atoms with van der Waals surface area (Å²) in [6, 6.07) is 15.8. The minimum absolute atomic E-state index is 0.124. The number of ether oxygens (including phenoxy) is 1. The minimum atomic E-state index is -2.12. The molecule has 1 saturated carbocycles. The molecule has 1 aliphatic heterocycles. The normalized spacial score (nSPS) is 18.6. The molecular formula is C34H38F2N6O4. The molecule has 242 valence electrons. The van der Waals surface area contributed by atoms with Crippen molar-refractivity contribution in [2.24, 2.45) is 5.10 Å². The Labute approximate surface area is 265 Å². The summed E-state index contributed by atoms with van der Waals surface area (Å²) in [6.45, 7) is -0.792. The van der Waals surface area contributed by atoms with Crippen molar-refractivity contribution in [1.82, 2.24) is 24.6 Å². The van der Waals surface area contributed by atoms with Crippen LogP contribution in [0.1, 0.15) is 73.9 Å². The quantitative estimate of drug-likeness (QED) is 0.237. The van der Waals surface area contributed by atoms with E-state index >= 15 is 0 Å². The number of halogens is 2. The molecule has 0 saturated heterocycles. The van der Waals surface area contributed by atoms with Gasteiger partial charge in [-0.3, -0.25) is 14.2 Å². The summed E-state index contributed by atoms with van der Waals surface area (Å²) >= 11 is 0. The number of carbonyl (C=O) groups is 1. The average Bonchev–Trinajstić information content (AvgIpc) is 3.75. The van der Waals surface area contributed by atoms with E-state index in [9.17, 15) is 23.5 Å². The third-order valence-electron chi connectivity index (χ3n) is 8.91. The number of hydrazone groups is 1. The van der Waals surface area contributed by atoms with Crippen molar-refractivity contribution in [3.05, 3.63) is 87.6 Å². The predicted molar refractivity (Wildman–Crippen MR) is 169 cm³/mol. The van der Waals surface area contributed by atoms with E-state index < -0.39 is 25.6 Å². The smallest absolute Gasteiger partial charge is 0.259 e. The van der Waals surface area contributed by atoms with E-state index in [0.29, 0.717) is 55.6 Å². The first-order valence-corrected chi connectivity index (χ1v) is 15.8. The van der Waals surface area contributed by atoms with Gasteiger partial charge in [-0.25, -0.2) is 18.7 Å². The van der Waals surface area contributed by atoms with E-state index in [4.69, 9.17) is 4.74 Å². The van der Waals surface area contributed by atoms with Crippen LogP contribution in [-0.2, 0) is 22.4 Å². The first-order valence-electron chi connectivity index (χ1n) is 15.8. The molecule has 1 fully saturated rings. The highest BCUT2D eigenvalue weighted by atomic mass is 19.1. The lowest BCUT2D eigenvalue weighted by atomic mass is 9.91. The summed E-state index contributed by atoms with van der Waals surface area (Å²) in [6.07, 6.45) is 5.49. The Morgan fingerprint density at radius 3 is 2.48 bits per heavy atom. The van der Waals surface area contributed by atoms with Gasteiger partial charge in [0.15, 0.2) is 0 Å². The average molecular weight is 633 g/mol. The minimum Gasteiger partial charge on any atom is -0.382 e. The Kier molecular flexibility index (Phi) is 9.37. The van der Waals surface area contributed by atoms with Gasteiger partial charge in [0.2, 0.25) is 11.7 Å². The number of aryl methyl sites for hydroxylation is 1. The Morgan fingerprint density at radius 2 is 1.80 bits per heavy atom. The predicted octanol–water partition coefficient (Wildman–Crippen LogP) is 4.50. The van der Waals surface area contributed by atoms with Crippen LogP contribution in [0.2, 0.25) is 0 Å². The van der Waals surface area contributed by atoms with Gasteiger partial charge < -0.3 is 9.84 Å². The molecule has 0 radical (unpaired) electrons. The number of rotatable bonds is 12. The molecule has 46 heavy (non-hydrogen) atoms. The zero-order valence-electron chi connectivity index (χ0n) is 25.8. The summed E-state index contributed by atoms with van der Waals surface area (Å²) in [5.41, 5.74) is 6.11. The number of hydrogen-bond acceptors (Lipinski definition) is 7. The Hall–Kier alpha value is -4.29. The molecule has 6 rings (SSSR count). The number of benzene rings is 2. The molecule has 2 aromatic carbocycles. The highest BCUT2D eigenvalue weighted by molar-refractivity contribution is 6.16. The van der Waals surface area contributed by atoms with Crippen LogP contribution in [0.5, 0.6) is 0 Å². The molecule has 10 nitrogen and oxygen atoms in total. The molecule has 0 unspecified atom stereocenters. The number of aromatic nitrogens is 4. The monoisotopic (exact) mass is 632 g/mol. The number of hydrogen-bond donors (Lipinski definition) is 2. The van der Waals surface area contributed by atoms with E-state index in [2.05, 4.69) is 27.5 Å². The van der Waals surface area contributed by atoms with Gasteiger partial charge in [0.05, 0.1) is 30.5 Å². The third-order valence-corrected chi connectivity index (χ3v) is 8.91. The van der Waals surface area contributed by atoms with Crippen molar-refractivity contribution in [3.63, 3.8) is 0 Å². The fourth-order valence-electron chi connectivity index (χ4n) is 6.46. The number of nitrogens with one attached hydrogen (secondary N) is 1. The summed E-state index contributed by atoms with van der Waals surface area (Å²) in [5, 5.41) is 18.8. The fourth-order valence-corrected chi connectivity index (χ4v) is 6.46. The van der Waals surface area contributed by atoms with Crippen LogP contribution in [0.25, 0.3) is 16.9 Å². The number of carbonyl (C=O) groups excluding carboxylic acids is 1. The zero-order valence-corrected chi connectivity index (χ0v) is 25.8. The lowest BCUT2D eigenvalue weighted by Crippen LogP contribution is -2.41. The van der Waals surface area contributed by atoms with E-state index in [0.717, 1.165) is 34.4 Å². The largest absolute Gasteiger partial charge is 0.382 e. The number of aliphatic hydroxyl groups is 1. The van der Waals surface area contributed by atoms with Gasteiger partial charge in [-0.2, -0.15) is 15.2 Å². The van der Waals surface area contributed by atoms with Gasteiger partial charge in [-0.1, -0.05) is 55.8 Å². The molecule has 4 aromatic rings. The maximum absolute atomic E-state index is 14.4. The van der Waals surface area contributed by atoms with Crippen molar-refractivity contribution in [2.75, 3.05) is 20.0 Å². The Morgan fingerprint density at radius 1 is 1.04 bits per heavy atom. The molecule has 0 bridgehead atoms. The van der Waals surface area contributed by atoms with Crippen LogP contribution in [0, 0.1) is 0 Å². The second-order valence-electron chi connectivity index (χ2n) is 12.2. The second-order valence-corrected chi connectivity index (χ2v) is 12.2. The van der Waals surface area contributed by atoms with Crippen LogP contribution >= 0.6 is 0 Å². The summed E-state index contributed by atoms with van der Waals surface area (Å²) in [5.74, 6) is 0.320. The van der Waals surface area contributed by atoms with Crippen molar-refractivity contribution in [3.8, 4) is 11.1 Å². The van der Waals surface area contributed by atoms with Crippen molar-refractivity contribution >= 4 is 17.4 Å². The number of alkyl halides is 2. The third kappa shape index (κ3) is 6.36. The summed E-state index contributed by atoms with van der Waals surface area (Å²) in [4.78, 5) is 31.0. The van der Waals surface area contributed by atoms with Crippen molar-refractivity contribution < 1.29 is 23.4 Å². The molecule has 2 aliphatic rings. The van der Waals surface area contributed by atoms with Gasteiger partial charge >= 0.3 is 0 Å². The van der Waals surface area contributed by atoms with Gasteiger partial charge in [-0.15, -0.1) is 0 Å². The molecule has 2 N–H and O–H groups in total. The molecule has 12 heteroatoms. The maximum atomic E-state index is 14.4. The molecule has 0 spiro atoms. The van der Waals surface area contributed by atoms with Crippen LogP contribution in [-0.4, -0.2) is 67.6 Å². The lowest BCUT2D eigenvalue weighted by Gasteiger charge is -2.32. The molecule has 1 aliphatic carbocycles. The van der Waals surface area contributed by atoms with E-state index in [1.54, 1.807) is 9.08 Å². The molecular weight excluding hydrogens is 594 g/mol. The van der Waals surface area contributed by atoms with E-state index in [1.165, 1.54) is 6.33 Å². The van der Waals surface area contributed by atoms with Crippen LogP contribution in [0.4, 0.5) is 8.78 Å². The fraction of sp³-hybridized carbons (Fsp3) is 0.441. The zero-order chi connectivity index (χ0) is 32.3. The Balaban J connectivity index is 1.34. The SMILES string of the molecule is CCCc1c(Cc2ccc(-c3ccccc3)c(C3=NNC(=O)C3)c2)c(=O)n(C2CCC(OCC(O)(CF)CF)CC2)c2ncnn12. The van der Waals surface area contributed by atoms with Crippen molar-refractivity contribution in [1.29, 1.82) is 0 Å². The van der Waals surface area contributed by atoms with E-state index in [1.807, 2.05) is 48.5 Å². The summed E-state index contributed by atoms with van der Waals surface area (Å²) in [7, 11) is 0. The van der Waals surface area contributed by atoms with Crippen LogP contribution in [0.15, 0.2) is 64.8 Å². The first-order chi connectivity index (χ1) is 22.3. The van der Waals surface area contributed by atoms with E-state index in [-0.39, 0.29) is 30.0 Å². The van der Waals surface area contributed by atoms with Gasteiger partial charge in [0, 0.05) is 23.6 Å². The van der Waals surface area contributed by atoms with Crippen molar-refractivity contribution in [2.45, 2.75) is 76.0 Å². The first kappa shape index (κ1) is 31.7. The number of fused-ring (bicyclic) bond motifs is 1. The van der Waals surface area contributed by atoms with Crippen LogP contribution < -0.4 is 11.0 Å². The Bertz CT molecular complexity index is 1790. The molecule has 3 heterocycles. The lowest BCUT2D eigenvalue weighted by molar-refractivity contribution is -0.119. The topological polar surface area (TPSA) is 123 Å². The molecule has 1 amide bonds. The standard InChI is InChI=1S/C34H38F2N6O4/c1-2-6-30-28(16-22-9-14-26(23-7-4-3-5-8-23)27(15-22)29-17-31(43)40-39-29)32(44)41(33-37-21-38-42(30)33)24-10-12-25(13-11-24)46-20-34(45,18-35)19-36/h3-5,7-9,14-15,21,24-25,45H,2,6,10-13,16-20H2,1H3,(H,40,43). The molecule has 0 atom stereocenters. The van der Waals surface area contributed by atoms with Gasteiger partial charge in [-0.05, 0) is 54.9 Å². The van der Waals surface area contributed by atoms with Gasteiger partial charge in [0.1, 0.15) is 25.3 Å². The highest BCUT2D eigenvalue weighted by Gasteiger charge is 2.32. The van der Waals surface area contributed by atoms with Gasteiger partial charge in [0.25, 0.3) is 5.56 Å². The highest BCUT2D eigenvalue weighted by Crippen LogP contribution is 2.32. The van der Waals surface area contributed by atoms with Crippen LogP contribution in [0.3, 0.4) is 0 Å². The maximum Gasteiger partial charge on any atom is 0.259 e. The second kappa shape index (κ2) is 13.6. The number of amides is 1.